The third-order valence-corrected chi connectivity index (χ3v) is 6.04. The molecule has 2 aromatic carbocycles. The van der Waals surface area contributed by atoms with Crippen molar-refractivity contribution in [3.05, 3.63) is 65.2 Å². The normalized spacial score (nSPS) is 16.2. The lowest BCUT2D eigenvalue weighted by atomic mass is 10.1. The van der Waals surface area contributed by atoms with Gasteiger partial charge in [0.05, 0.1) is 22.4 Å². The highest BCUT2D eigenvalue weighted by atomic mass is 16.5. The third kappa shape index (κ3) is 4.68. The molecule has 2 aromatic rings. The van der Waals surface area contributed by atoms with Gasteiger partial charge in [-0.05, 0) is 44.0 Å². The van der Waals surface area contributed by atoms with Gasteiger partial charge in [0.15, 0.2) is 6.61 Å². The summed E-state index contributed by atoms with van der Waals surface area (Å²) in [6, 6.07) is 11.8. The monoisotopic (exact) mass is 463 g/mol. The van der Waals surface area contributed by atoms with Crippen LogP contribution in [0.15, 0.2) is 48.5 Å². The molecule has 1 fully saturated rings. The van der Waals surface area contributed by atoms with Gasteiger partial charge >= 0.3 is 5.97 Å². The van der Waals surface area contributed by atoms with E-state index in [2.05, 4.69) is 10.6 Å². The molecular formula is C25H25N3O6. The fourth-order valence-corrected chi connectivity index (χ4v) is 4.23. The molecule has 2 N–H and O–H groups in total. The van der Waals surface area contributed by atoms with Crippen molar-refractivity contribution in [3.8, 4) is 0 Å². The van der Waals surface area contributed by atoms with Gasteiger partial charge in [0.2, 0.25) is 0 Å². The lowest BCUT2D eigenvalue weighted by Gasteiger charge is -2.20. The number of fused-ring (bicyclic) bond motifs is 1. The molecule has 4 rings (SSSR count). The highest BCUT2D eigenvalue weighted by molar-refractivity contribution is 6.22. The van der Waals surface area contributed by atoms with Crippen molar-refractivity contribution in [1.29, 1.82) is 0 Å². The lowest BCUT2D eigenvalue weighted by molar-refractivity contribution is -0.150. The maximum Gasteiger partial charge on any atom is 0.329 e. The Labute approximate surface area is 196 Å². The van der Waals surface area contributed by atoms with Crippen LogP contribution in [0.4, 0.5) is 5.69 Å². The second-order valence-corrected chi connectivity index (χ2v) is 8.36. The number of esters is 1. The average Bonchev–Trinajstić information content (AvgIpc) is 3.43. The number of rotatable bonds is 7. The average molecular weight is 463 g/mol. The number of nitrogens with zero attached hydrogens (tertiary/aromatic N) is 1. The van der Waals surface area contributed by atoms with E-state index in [1.165, 1.54) is 19.1 Å². The van der Waals surface area contributed by atoms with Crippen molar-refractivity contribution < 1.29 is 28.7 Å². The minimum Gasteiger partial charge on any atom is -0.454 e. The van der Waals surface area contributed by atoms with E-state index in [0.29, 0.717) is 11.3 Å². The second kappa shape index (κ2) is 9.86. The number of ether oxygens (including phenoxy) is 1. The highest BCUT2D eigenvalue weighted by Crippen LogP contribution is 2.25. The summed E-state index contributed by atoms with van der Waals surface area (Å²) in [5, 5.41) is 5.56. The van der Waals surface area contributed by atoms with Gasteiger partial charge in [0.1, 0.15) is 6.04 Å². The fourth-order valence-electron chi connectivity index (χ4n) is 4.23. The molecule has 0 saturated heterocycles. The van der Waals surface area contributed by atoms with E-state index in [0.717, 1.165) is 30.6 Å². The number of hydrogen-bond donors (Lipinski definition) is 2. The molecule has 0 radical (unpaired) electrons. The summed E-state index contributed by atoms with van der Waals surface area (Å²) in [7, 11) is 0. The van der Waals surface area contributed by atoms with E-state index in [1.807, 2.05) is 0 Å². The number of carbonyl (C=O) groups is 5. The number of nitrogens with one attached hydrogen (secondary N) is 2. The molecule has 1 atom stereocenters. The number of anilines is 1. The van der Waals surface area contributed by atoms with Crippen molar-refractivity contribution in [3.63, 3.8) is 0 Å². The number of para-hydroxylation sites is 1. The molecule has 9 heteroatoms. The molecule has 0 spiro atoms. The Kier molecular flexibility index (Phi) is 6.72. The number of hydrogen-bond acceptors (Lipinski definition) is 6. The summed E-state index contributed by atoms with van der Waals surface area (Å²) in [5.74, 6) is -2.99. The molecule has 9 nitrogen and oxygen atoms in total. The van der Waals surface area contributed by atoms with Gasteiger partial charge in [-0.1, -0.05) is 37.1 Å². The Hall–Kier alpha value is -4.01. The number of imide groups is 1. The fraction of sp³-hybridized carbons (Fsp3) is 0.320. The van der Waals surface area contributed by atoms with Crippen LogP contribution in [0, 0.1) is 0 Å². The second-order valence-electron chi connectivity index (χ2n) is 8.36. The van der Waals surface area contributed by atoms with E-state index in [4.69, 9.17) is 4.74 Å². The summed E-state index contributed by atoms with van der Waals surface area (Å²) in [4.78, 5) is 63.5. The predicted molar refractivity (Wildman–Crippen MR) is 122 cm³/mol. The predicted octanol–water partition coefficient (Wildman–Crippen LogP) is 2.53. The summed E-state index contributed by atoms with van der Waals surface area (Å²) in [6.45, 7) is 0.732. The standard InChI is InChI=1S/C25H25N3O6/c1-15(28-23(31)17-10-4-5-11-18(17)24(28)32)25(33)34-14-21(29)27-20-13-7-6-12-19(20)22(30)26-16-8-2-3-9-16/h4-7,10-13,15-16H,2-3,8-9,14H2,1H3,(H,26,30)(H,27,29)/t15-/m0/s1. The maximum absolute atomic E-state index is 12.6. The Morgan fingerprint density at radius 2 is 1.56 bits per heavy atom. The van der Waals surface area contributed by atoms with Gasteiger partial charge in [-0.15, -0.1) is 0 Å². The minimum atomic E-state index is -1.20. The molecule has 176 valence electrons. The largest absolute Gasteiger partial charge is 0.454 e. The minimum absolute atomic E-state index is 0.126. The number of carbonyl (C=O) groups excluding carboxylic acids is 5. The van der Waals surface area contributed by atoms with Crippen LogP contribution < -0.4 is 10.6 Å². The molecule has 1 aliphatic heterocycles. The molecule has 34 heavy (non-hydrogen) atoms. The van der Waals surface area contributed by atoms with E-state index in [1.54, 1.807) is 36.4 Å². The van der Waals surface area contributed by atoms with Gasteiger partial charge in [0, 0.05) is 6.04 Å². The summed E-state index contributed by atoms with van der Waals surface area (Å²) < 4.78 is 5.06. The van der Waals surface area contributed by atoms with Crippen molar-refractivity contribution in [2.75, 3.05) is 11.9 Å². The molecule has 2 aliphatic rings. The quantitative estimate of drug-likeness (QED) is 0.481. The summed E-state index contributed by atoms with van der Waals surface area (Å²) >= 11 is 0. The van der Waals surface area contributed by atoms with Gasteiger partial charge < -0.3 is 15.4 Å². The Morgan fingerprint density at radius 3 is 2.21 bits per heavy atom. The maximum atomic E-state index is 12.6. The van der Waals surface area contributed by atoms with Gasteiger partial charge in [-0.2, -0.15) is 0 Å². The van der Waals surface area contributed by atoms with Crippen LogP contribution in [0.1, 0.15) is 63.7 Å². The third-order valence-electron chi connectivity index (χ3n) is 6.04. The van der Waals surface area contributed by atoms with Crippen LogP contribution in [0.25, 0.3) is 0 Å². The van der Waals surface area contributed by atoms with Gasteiger partial charge in [-0.3, -0.25) is 24.1 Å². The molecule has 1 saturated carbocycles. The molecule has 0 bridgehead atoms. The smallest absolute Gasteiger partial charge is 0.329 e. The first kappa shape index (κ1) is 23.2. The summed E-state index contributed by atoms with van der Waals surface area (Å²) in [6.07, 6.45) is 4.02. The van der Waals surface area contributed by atoms with Crippen LogP contribution in [0.5, 0.6) is 0 Å². The topological polar surface area (TPSA) is 122 Å². The van der Waals surface area contributed by atoms with E-state index >= 15 is 0 Å². The van der Waals surface area contributed by atoms with Gasteiger partial charge in [-0.25, -0.2) is 4.79 Å². The van der Waals surface area contributed by atoms with E-state index < -0.39 is 36.3 Å². The molecule has 4 amide bonds. The molecule has 0 unspecified atom stereocenters. The molecular weight excluding hydrogens is 438 g/mol. The first-order valence-electron chi connectivity index (χ1n) is 11.2. The van der Waals surface area contributed by atoms with Crippen LogP contribution in [0.2, 0.25) is 0 Å². The number of amides is 4. The zero-order valence-electron chi connectivity index (χ0n) is 18.7. The first-order chi connectivity index (χ1) is 16.4. The number of benzene rings is 2. The van der Waals surface area contributed by atoms with Crippen LogP contribution in [0.3, 0.4) is 0 Å². The van der Waals surface area contributed by atoms with Crippen LogP contribution in [-0.4, -0.2) is 53.2 Å². The van der Waals surface area contributed by atoms with Gasteiger partial charge in [0.25, 0.3) is 23.6 Å². The van der Waals surface area contributed by atoms with Crippen molar-refractivity contribution >= 4 is 35.3 Å². The zero-order valence-corrected chi connectivity index (χ0v) is 18.7. The lowest BCUT2D eigenvalue weighted by Crippen LogP contribution is -2.44. The van der Waals surface area contributed by atoms with Crippen molar-refractivity contribution in [2.24, 2.45) is 0 Å². The molecule has 1 aliphatic carbocycles. The highest BCUT2D eigenvalue weighted by Gasteiger charge is 2.41. The molecule has 1 heterocycles. The SMILES string of the molecule is C[C@@H](C(=O)OCC(=O)Nc1ccccc1C(=O)NC1CCCC1)N1C(=O)c2ccccc2C1=O. The van der Waals surface area contributed by atoms with Crippen LogP contribution >= 0.6 is 0 Å². The molecule has 0 aromatic heterocycles. The zero-order chi connectivity index (χ0) is 24.2. The van der Waals surface area contributed by atoms with Crippen molar-refractivity contribution in [2.45, 2.75) is 44.7 Å². The Morgan fingerprint density at radius 1 is 0.971 bits per heavy atom. The summed E-state index contributed by atoms with van der Waals surface area (Å²) in [5.41, 5.74) is 1.05. The Bertz CT molecular complexity index is 1120. The van der Waals surface area contributed by atoms with E-state index in [-0.39, 0.29) is 23.1 Å². The Balaban J connectivity index is 1.34. The van der Waals surface area contributed by atoms with Crippen molar-refractivity contribution in [1.82, 2.24) is 10.2 Å². The van der Waals surface area contributed by atoms with E-state index in [9.17, 15) is 24.0 Å². The first-order valence-corrected chi connectivity index (χ1v) is 11.2. The van der Waals surface area contributed by atoms with Crippen LogP contribution in [-0.2, 0) is 14.3 Å².